The number of carbonyl (C=O) groups is 1. The molecule has 8 heteroatoms. The van der Waals surface area contributed by atoms with E-state index in [2.05, 4.69) is 34.3 Å². The van der Waals surface area contributed by atoms with Crippen molar-refractivity contribution in [2.75, 3.05) is 6.61 Å². The van der Waals surface area contributed by atoms with Crippen molar-refractivity contribution in [3.63, 3.8) is 0 Å². The van der Waals surface area contributed by atoms with E-state index in [0.717, 1.165) is 31.8 Å². The molecule has 2 fully saturated rings. The topological polar surface area (TPSA) is 126 Å². The highest BCUT2D eigenvalue weighted by Gasteiger charge is 2.52. The van der Waals surface area contributed by atoms with Crippen LogP contribution in [0.2, 0.25) is 0 Å². The summed E-state index contributed by atoms with van der Waals surface area (Å²) in [5, 5.41) is 37.3. The summed E-state index contributed by atoms with van der Waals surface area (Å²) in [4.78, 5) is 13.9. The van der Waals surface area contributed by atoms with Crippen LogP contribution in [0.5, 0.6) is 0 Å². The second kappa shape index (κ2) is 11.8. The number of carboxylic acids is 1. The summed E-state index contributed by atoms with van der Waals surface area (Å²) in [6, 6.07) is 0. The molecule has 0 bridgehead atoms. The zero-order valence-corrected chi connectivity index (χ0v) is 22.2. The Morgan fingerprint density at radius 1 is 1.29 bits per heavy atom. The summed E-state index contributed by atoms with van der Waals surface area (Å²) in [6.45, 7) is 16.5. The quantitative estimate of drug-likeness (QED) is 0.226. The maximum Gasteiger partial charge on any atom is 0.300 e. The van der Waals surface area contributed by atoms with Crippen LogP contribution in [-0.4, -0.2) is 63.4 Å². The summed E-state index contributed by atoms with van der Waals surface area (Å²) in [5.74, 6) is -0.404. The molecule has 7 unspecified atom stereocenters. The number of carboxylic acid groups (broad SMARTS) is 1. The molecule has 0 radical (unpaired) electrons. The molecule has 35 heavy (non-hydrogen) atoms. The van der Waals surface area contributed by atoms with E-state index < -0.39 is 30.1 Å². The van der Waals surface area contributed by atoms with Crippen LogP contribution < -0.4 is 0 Å². The van der Waals surface area contributed by atoms with Gasteiger partial charge in [0.2, 0.25) is 0 Å². The number of allylic oxidation sites excluding steroid dienone is 1. The van der Waals surface area contributed by atoms with E-state index in [-0.39, 0.29) is 16.9 Å². The number of hydrogen-bond acceptors (Lipinski definition) is 7. The molecule has 7 atom stereocenters. The highest BCUT2D eigenvalue weighted by atomic mass is 17.1. The van der Waals surface area contributed by atoms with Gasteiger partial charge in [0, 0.05) is 6.92 Å². The van der Waals surface area contributed by atoms with Crippen LogP contribution in [0.25, 0.3) is 0 Å². The molecule has 4 N–H and O–H groups in total. The molecule has 202 valence electrons. The van der Waals surface area contributed by atoms with Gasteiger partial charge >= 0.3 is 0 Å². The first-order chi connectivity index (χ1) is 16.2. The molecule has 1 saturated heterocycles. The lowest BCUT2D eigenvalue weighted by atomic mass is 9.49. The molecule has 0 spiro atoms. The fourth-order valence-electron chi connectivity index (χ4n) is 6.41. The third kappa shape index (κ3) is 6.93. The smallest absolute Gasteiger partial charge is 0.300 e. The monoisotopic (exact) mass is 498 g/mol. The molecule has 0 amide bonds. The number of fused-ring (bicyclic) bond motifs is 1. The van der Waals surface area contributed by atoms with E-state index >= 15 is 0 Å². The van der Waals surface area contributed by atoms with Crippen molar-refractivity contribution in [2.24, 2.45) is 16.7 Å². The van der Waals surface area contributed by atoms with Crippen molar-refractivity contribution in [3.05, 3.63) is 23.8 Å². The van der Waals surface area contributed by atoms with Gasteiger partial charge in [0.05, 0.1) is 18.3 Å². The maximum absolute atomic E-state index is 10.3. The average molecular weight is 499 g/mol. The molecule has 0 aromatic heterocycles. The van der Waals surface area contributed by atoms with Crippen LogP contribution in [0.3, 0.4) is 0 Å². The van der Waals surface area contributed by atoms with Crippen LogP contribution in [-0.2, 0) is 19.2 Å². The lowest BCUT2D eigenvalue weighted by Crippen LogP contribution is -2.50. The Labute approximate surface area is 209 Å². The van der Waals surface area contributed by atoms with Crippen molar-refractivity contribution in [3.8, 4) is 0 Å². The van der Waals surface area contributed by atoms with Crippen LogP contribution >= 0.6 is 0 Å². The van der Waals surface area contributed by atoms with E-state index in [0.29, 0.717) is 25.4 Å². The minimum atomic E-state index is -1.07. The second-order valence-corrected chi connectivity index (χ2v) is 11.5. The maximum atomic E-state index is 10.3. The van der Waals surface area contributed by atoms with E-state index in [1.165, 1.54) is 18.4 Å². The van der Waals surface area contributed by atoms with Crippen molar-refractivity contribution in [1.29, 1.82) is 0 Å². The van der Waals surface area contributed by atoms with Crippen molar-refractivity contribution >= 4 is 5.97 Å². The van der Waals surface area contributed by atoms with Gasteiger partial charge < -0.3 is 24.8 Å². The van der Waals surface area contributed by atoms with Gasteiger partial charge in [0.1, 0.15) is 12.2 Å². The largest absolute Gasteiger partial charge is 0.481 e. The van der Waals surface area contributed by atoms with E-state index in [1.807, 2.05) is 6.92 Å². The van der Waals surface area contributed by atoms with Crippen molar-refractivity contribution < 1.29 is 39.7 Å². The Morgan fingerprint density at radius 3 is 2.49 bits per heavy atom. The first-order valence-electron chi connectivity index (χ1n) is 12.7. The SMILES string of the molecule is C=CC(C)(CCC1=C(C)C(OO)CC2C(C)(C)CCCC12C)OC1OCCC(O)C1O.CC(=O)O. The molecular weight excluding hydrogens is 452 g/mol. The molecule has 0 aromatic carbocycles. The molecule has 1 saturated carbocycles. The van der Waals surface area contributed by atoms with Gasteiger partial charge in [-0.15, -0.1) is 6.58 Å². The fraction of sp³-hybridized carbons (Fsp3) is 0.815. The summed E-state index contributed by atoms with van der Waals surface area (Å²) >= 11 is 0. The van der Waals surface area contributed by atoms with Gasteiger partial charge in [-0.05, 0) is 74.7 Å². The Balaban J connectivity index is 0.00000100. The molecule has 1 aliphatic heterocycles. The van der Waals surface area contributed by atoms with Crippen LogP contribution in [0.15, 0.2) is 23.8 Å². The van der Waals surface area contributed by atoms with Gasteiger partial charge in [-0.3, -0.25) is 10.1 Å². The lowest BCUT2D eigenvalue weighted by Gasteiger charge is -2.56. The minimum absolute atomic E-state index is 0.0555. The van der Waals surface area contributed by atoms with Crippen LogP contribution in [0.1, 0.15) is 86.5 Å². The summed E-state index contributed by atoms with van der Waals surface area (Å²) in [6.07, 6.45) is 4.87. The predicted molar refractivity (Wildman–Crippen MR) is 133 cm³/mol. The second-order valence-electron chi connectivity index (χ2n) is 11.5. The van der Waals surface area contributed by atoms with Crippen LogP contribution in [0, 0.1) is 16.7 Å². The van der Waals surface area contributed by atoms with Gasteiger partial charge in [-0.1, -0.05) is 38.8 Å². The van der Waals surface area contributed by atoms with Gasteiger partial charge in [-0.2, -0.15) is 0 Å². The molecule has 0 aromatic rings. The summed E-state index contributed by atoms with van der Waals surface area (Å²) < 4.78 is 11.7. The molecule has 3 rings (SSSR count). The molecular formula is C27H46O8. The number of rotatable bonds is 7. The Morgan fingerprint density at radius 2 is 1.91 bits per heavy atom. The number of ether oxygens (including phenoxy) is 2. The summed E-state index contributed by atoms with van der Waals surface area (Å²) in [5.41, 5.74) is 1.98. The number of aliphatic hydroxyl groups is 2. The fourth-order valence-corrected chi connectivity index (χ4v) is 6.41. The predicted octanol–water partition coefficient (Wildman–Crippen LogP) is 4.70. The van der Waals surface area contributed by atoms with Gasteiger partial charge in [0.15, 0.2) is 6.29 Å². The number of hydrogen-bond donors (Lipinski definition) is 4. The lowest BCUT2D eigenvalue weighted by molar-refractivity contribution is -0.278. The molecule has 3 aliphatic rings. The third-order valence-corrected chi connectivity index (χ3v) is 8.51. The van der Waals surface area contributed by atoms with Gasteiger partial charge in [-0.25, -0.2) is 4.89 Å². The third-order valence-electron chi connectivity index (χ3n) is 8.51. The minimum Gasteiger partial charge on any atom is -0.481 e. The Kier molecular flexibility index (Phi) is 10.1. The van der Waals surface area contributed by atoms with Crippen molar-refractivity contribution in [2.45, 2.75) is 117 Å². The first-order valence-corrected chi connectivity index (χ1v) is 12.7. The zero-order chi connectivity index (χ0) is 26.6. The zero-order valence-electron chi connectivity index (χ0n) is 22.2. The van der Waals surface area contributed by atoms with E-state index in [9.17, 15) is 15.5 Å². The average Bonchev–Trinajstić information content (AvgIpc) is 2.75. The Bertz CT molecular complexity index is 773. The highest BCUT2D eigenvalue weighted by molar-refractivity contribution is 5.62. The van der Waals surface area contributed by atoms with Crippen LogP contribution in [0.4, 0.5) is 0 Å². The normalized spacial score (nSPS) is 36.3. The Hall–Kier alpha value is -1.29. The van der Waals surface area contributed by atoms with E-state index in [4.69, 9.17) is 24.3 Å². The molecule has 8 nitrogen and oxygen atoms in total. The molecule has 1 heterocycles. The standard InChI is InChI=1S/C25H42O6.C2H4O2/c1-7-24(5,30-22-21(27)18(26)10-14-29-22)13-9-17-16(2)19(31-28)15-20-23(3,4)11-8-12-25(17,20)6;1-2(3)4/h7,18-22,26-28H,1,8-15H2,2-6H3;1H3,(H,3,4). The first kappa shape index (κ1) is 29.9. The van der Waals surface area contributed by atoms with Gasteiger partial charge in [0.25, 0.3) is 5.97 Å². The highest BCUT2D eigenvalue weighted by Crippen LogP contribution is 2.60. The number of aliphatic carboxylic acids is 1. The summed E-state index contributed by atoms with van der Waals surface area (Å²) in [7, 11) is 0. The number of aliphatic hydroxyl groups excluding tert-OH is 2. The van der Waals surface area contributed by atoms with E-state index in [1.54, 1.807) is 6.08 Å². The van der Waals surface area contributed by atoms with Crippen molar-refractivity contribution in [1.82, 2.24) is 0 Å². The molecule has 2 aliphatic carbocycles.